The molecule has 0 bridgehead atoms. The predicted octanol–water partition coefficient (Wildman–Crippen LogP) is 21.9. The van der Waals surface area contributed by atoms with Crippen molar-refractivity contribution in [1.82, 2.24) is 0 Å². The molecule has 12 aromatic rings. The van der Waals surface area contributed by atoms with Gasteiger partial charge in [-0.05, 0) is 272 Å². The summed E-state index contributed by atoms with van der Waals surface area (Å²) >= 11 is 15.5. The normalized spacial score (nSPS) is 14.9. The van der Waals surface area contributed by atoms with Crippen LogP contribution in [0, 0.1) is 24.3 Å². The van der Waals surface area contributed by atoms with Crippen LogP contribution < -0.4 is 34.6 Å². The van der Waals surface area contributed by atoms with Crippen LogP contribution in [-0.4, -0.2) is 175 Å². The highest BCUT2D eigenvalue weighted by Crippen LogP contribution is 2.44. The standard InChI is InChI=1S/C23H24O4.C19H23BO2.C13H13BO3.C13H11Br.C12H24B2O4.C10H13BrO4.C6H4BrI.C6H5BrO2.C3H4O3/c1-17-5-7-18(8-6-17)19-3-2-4-20(13-19)21-14-22(26-11-9-24)16-23(15-21)27-12-10-25;1-14-9-11-15(12-10-14)16-7-6-8-17(13-16)20-21-18(2,3)19(4,5)22-20;15-14(16)12-6-8-13(9-7-12)17-10-11-4-2-1-3-5-11;1-10-5-7-11(8-6-10)12-3-2-4-13(14)9-12;1-9(2)10(3,4)16-13(15-9)14-17-11(5,6)12(7,8)18-14;11-8-5-9(14-3-1-12)7-10(6-8)15-4-2-13;7-5-2-1-3-6(8)4-5;7-4-1-5(8)3-6(9)2-4;4-3-5-1-2-6-3/h2-8,13-16,24-25H,9-12H2,1H3;6-13H,1-5H3;1-9,15-16H,10H2;2-9H,1H3;1-8H3;5-7,12-13H,1-4H2;1-4H;1-3,8-9H;1-2H2. The molecule has 12 aromatic carbocycles. The fraction of sp³-hybridized carbons (Fsp3) is 0.305. The number of ether oxygens (including phenoxy) is 7. The molecule has 4 saturated heterocycles. The molecule has 4 aliphatic heterocycles. The smallest absolute Gasteiger partial charge is 0.508 e. The second kappa shape index (κ2) is 54.5. The monoisotopic (exact) mass is 2220 g/mol. The third-order valence-electron chi connectivity index (χ3n) is 22.1. The second-order valence-electron chi connectivity index (χ2n) is 34.5. The van der Waals surface area contributed by atoms with Crippen molar-refractivity contribution >= 4 is 132 Å². The Morgan fingerprint density at radius 2 is 0.691 bits per heavy atom. The zero-order valence-electron chi connectivity index (χ0n) is 79.3. The van der Waals surface area contributed by atoms with Gasteiger partial charge in [0, 0.05) is 39.7 Å². The van der Waals surface area contributed by atoms with Crippen molar-refractivity contribution < 1.29 is 107 Å². The van der Waals surface area contributed by atoms with Gasteiger partial charge >= 0.3 is 34.4 Å². The molecule has 720 valence electrons. The molecule has 0 radical (unpaired) electrons. The third-order valence-corrected chi connectivity index (χ3v) is 24.7. The van der Waals surface area contributed by atoms with E-state index in [4.69, 9.17) is 92.3 Å². The Morgan fingerprint density at radius 3 is 1.05 bits per heavy atom. The van der Waals surface area contributed by atoms with E-state index in [1.165, 1.54) is 60.7 Å². The van der Waals surface area contributed by atoms with Crippen molar-refractivity contribution in [1.29, 1.82) is 0 Å². The Balaban J connectivity index is 0.000000193. The second-order valence-corrected chi connectivity index (χ2v) is 39.4. The molecule has 8 N–H and O–H groups in total. The van der Waals surface area contributed by atoms with Gasteiger partial charge in [-0.1, -0.05) is 256 Å². The van der Waals surface area contributed by atoms with Gasteiger partial charge in [-0.25, -0.2) is 4.79 Å². The van der Waals surface area contributed by atoms with Gasteiger partial charge in [0.05, 0.1) is 60.0 Å². The van der Waals surface area contributed by atoms with Crippen molar-refractivity contribution in [3.05, 3.63) is 323 Å². The number of aryl methyl sites for hydroxylation is 3. The lowest BCUT2D eigenvalue weighted by molar-refractivity contribution is 0.00578. The maximum Gasteiger partial charge on any atom is 0.508 e. The lowest BCUT2D eigenvalue weighted by Crippen LogP contribution is -2.41. The first kappa shape index (κ1) is 112. The highest BCUT2D eigenvalue weighted by atomic mass is 127. The van der Waals surface area contributed by atoms with Crippen LogP contribution in [0.4, 0.5) is 4.79 Å². The molecule has 4 fully saturated rings. The van der Waals surface area contributed by atoms with Gasteiger partial charge in [0.1, 0.15) is 86.5 Å². The zero-order chi connectivity index (χ0) is 99.4. The van der Waals surface area contributed by atoms with Gasteiger partial charge in [0.15, 0.2) is 0 Å². The van der Waals surface area contributed by atoms with Crippen LogP contribution in [0.5, 0.6) is 40.2 Å². The number of carbonyl (C=O) groups is 1. The molecule has 22 nitrogen and oxygen atoms in total. The molecule has 31 heteroatoms. The van der Waals surface area contributed by atoms with E-state index in [2.05, 4.69) is 284 Å². The Bertz CT molecular complexity index is 5440. The Morgan fingerprint density at radius 1 is 0.338 bits per heavy atom. The largest absolute Gasteiger partial charge is 0.508 e. The van der Waals surface area contributed by atoms with Crippen molar-refractivity contribution in [2.45, 2.75) is 144 Å². The molecular formula is C105H121B4Br4IO22. The quantitative estimate of drug-likeness (QED) is 0.0178. The molecule has 0 amide bonds. The summed E-state index contributed by atoms with van der Waals surface area (Å²) in [5.74, 6) is 3.30. The molecule has 136 heavy (non-hydrogen) atoms. The van der Waals surface area contributed by atoms with Crippen LogP contribution in [0.1, 0.15) is 105 Å². The predicted molar refractivity (Wildman–Crippen MR) is 564 cm³/mol. The van der Waals surface area contributed by atoms with Crippen LogP contribution in [0.2, 0.25) is 0 Å². The number of halogens is 5. The minimum atomic E-state index is -1.43. The number of phenolic OH excluding ortho intramolecular Hbond substituents is 2. The minimum absolute atomic E-state index is 0.0284. The number of hydrogen-bond acceptors (Lipinski definition) is 22. The number of benzene rings is 12. The molecule has 0 spiro atoms. The van der Waals surface area contributed by atoms with E-state index >= 15 is 0 Å². The summed E-state index contributed by atoms with van der Waals surface area (Å²) in [5, 5.41) is 70.7. The number of aromatic hydroxyl groups is 2. The van der Waals surface area contributed by atoms with E-state index < -0.39 is 27.3 Å². The number of aliphatic hydroxyl groups excluding tert-OH is 4. The number of aliphatic hydroxyl groups is 4. The van der Waals surface area contributed by atoms with E-state index in [0.717, 1.165) is 46.7 Å². The topological polar surface area (TPSA) is 299 Å². The summed E-state index contributed by atoms with van der Waals surface area (Å²) < 4.78 is 76.9. The number of phenols is 2. The van der Waals surface area contributed by atoms with Gasteiger partial charge in [-0.2, -0.15) is 0 Å². The molecule has 4 aliphatic rings. The van der Waals surface area contributed by atoms with E-state index in [9.17, 15) is 4.79 Å². The van der Waals surface area contributed by atoms with Crippen LogP contribution in [-0.2, 0) is 44.0 Å². The average molecular weight is 2220 g/mol. The first-order valence-corrected chi connectivity index (χ1v) is 48.4. The van der Waals surface area contributed by atoms with E-state index in [1.807, 2.05) is 128 Å². The van der Waals surface area contributed by atoms with Crippen LogP contribution in [0.15, 0.2) is 297 Å². The summed E-state index contributed by atoms with van der Waals surface area (Å²) in [4.78, 5) is 9.80. The fourth-order valence-electron chi connectivity index (χ4n) is 12.7. The number of rotatable bonds is 22. The Labute approximate surface area is 848 Å². The fourth-order valence-corrected chi connectivity index (χ4v) is 15.4. The maximum absolute atomic E-state index is 9.80. The summed E-state index contributed by atoms with van der Waals surface area (Å²) in [5.41, 5.74) is 13.5. The molecule has 4 heterocycles. The maximum atomic E-state index is 9.80. The van der Waals surface area contributed by atoms with Crippen molar-refractivity contribution in [2.24, 2.45) is 0 Å². The molecule has 0 aliphatic carbocycles. The van der Waals surface area contributed by atoms with Gasteiger partial charge in [0.25, 0.3) is 0 Å². The molecular weight excluding hydrogens is 2100 g/mol. The van der Waals surface area contributed by atoms with Gasteiger partial charge in [-0.3, -0.25) is 0 Å². The Kier molecular flexibility index (Phi) is 45.0. The molecule has 0 saturated carbocycles. The SMILES string of the molecule is Brc1cccc(I)c1.CC1(C)OB(B2OC(C)(C)C(C)(C)O2)OC1(C)C.Cc1ccc(-c2cccc(-c3cc(OCCO)cc(OCCO)c3)c2)cc1.Cc1ccc(-c2cccc(B3OC(C)(C)C(C)(C)O3)c2)cc1.Cc1ccc(-c2cccc(Br)c2)cc1.O=C1OCCO1.OB(O)c1ccc(OCc2ccccc2)cc1.OCCOc1cc(Br)cc(OCCO)c1.Oc1cc(O)cc(Br)c1. The van der Waals surface area contributed by atoms with Gasteiger partial charge in [0.2, 0.25) is 0 Å². The summed E-state index contributed by atoms with van der Waals surface area (Å²) in [6.45, 7) is 32.9. The number of carbonyl (C=O) groups excluding carboxylic acids is 1. The zero-order valence-corrected chi connectivity index (χ0v) is 87.8. The average Bonchev–Trinajstić information content (AvgIpc) is 1.60. The summed E-state index contributed by atoms with van der Waals surface area (Å²) in [6.07, 6.45) is -0.546. The minimum Gasteiger partial charge on any atom is -0.508 e. The first-order valence-electron chi connectivity index (χ1n) is 44.2. The van der Waals surface area contributed by atoms with Gasteiger partial charge < -0.3 is 102 Å². The van der Waals surface area contributed by atoms with E-state index in [-0.39, 0.29) is 105 Å². The van der Waals surface area contributed by atoms with Crippen molar-refractivity contribution in [3.8, 4) is 84.8 Å². The molecule has 0 unspecified atom stereocenters. The highest BCUT2D eigenvalue weighted by Gasteiger charge is 2.64. The number of hydrogen-bond donors (Lipinski definition) is 8. The van der Waals surface area contributed by atoms with Crippen LogP contribution >= 0.6 is 86.3 Å². The van der Waals surface area contributed by atoms with Crippen LogP contribution in [0.3, 0.4) is 0 Å². The lowest BCUT2D eigenvalue weighted by atomic mass is 9.49. The third kappa shape index (κ3) is 36.9. The van der Waals surface area contributed by atoms with Crippen LogP contribution in [0.25, 0.3) is 44.5 Å². The molecule has 0 aromatic heterocycles. The highest BCUT2D eigenvalue weighted by molar-refractivity contribution is 14.1. The first-order chi connectivity index (χ1) is 64.5. The molecule has 16 rings (SSSR count). The molecule has 0 atom stereocenters. The number of cyclic esters (lactones) is 2. The van der Waals surface area contributed by atoms with E-state index in [0.29, 0.717) is 58.5 Å². The van der Waals surface area contributed by atoms with E-state index in [1.54, 1.807) is 48.5 Å². The Hall–Kier alpha value is -9.06. The van der Waals surface area contributed by atoms with Gasteiger partial charge in [-0.15, -0.1) is 0 Å². The summed E-state index contributed by atoms with van der Waals surface area (Å²) in [6, 6.07) is 90.5. The summed E-state index contributed by atoms with van der Waals surface area (Å²) in [7, 11) is -2.69. The van der Waals surface area contributed by atoms with Crippen molar-refractivity contribution in [3.63, 3.8) is 0 Å². The van der Waals surface area contributed by atoms with Crippen molar-refractivity contribution in [2.75, 3.05) is 66.1 Å². The lowest BCUT2D eigenvalue weighted by Gasteiger charge is -2.32.